The number of aromatic hydroxyl groups is 1. The standard InChI is InChI=1S/C15H17AsN2O5/c1-9-3-5-11(6-4-9)18-14-8-12(17-10(2)19)7-13(15(14)20)16(21,22)23/h3-8,18,20H,1-2H3,(H,17,19)(H2,21,22,23). The van der Waals surface area contributed by atoms with Gasteiger partial charge in [0, 0.05) is 0 Å². The van der Waals surface area contributed by atoms with Gasteiger partial charge in [-0.25, -0.2) is 0 Å². The molecule has 0 unspecified atom stereocenters. The number of phenols is 1. The van der Waals surface area contributed by atoms with E-state index < -0.39 is 24.3 Å². The van der Waals surface area contributed by atoms with Crippen molar-refractivity contribution >= 4 is 41.5 Å². The monoisotopic (exact) mass is 380 g/mol. The van der Waals surface area contributed by atoms with Crippen LogP contribution in [0.25, 0.3) is 0 Å². The molecular weight excluding hydrogens is 363 g/mol. The van der Waals surface area contributed by atoms with Gasteiger partial charge in [0.25, 0.3) is 0 Å². The number of hydrogen-bond acceptors (Lipinski definition) is 4. The number of aryl methyl sites for hydroxylation is 1. The van der Waals surface area contributed by atoms with Crippen LogP contribution in [0.5, 0.6) is 5.75 Å². The van der Waals surface area contributed by atoms with Gasteiger partial charge in [-0.2, -0.15) is 0 Å². The molecule has 2 rings (SSSR count). The number of hydrogen-bond donors (Lipinski definition) is 5. The second-order valence-electron chi connectivity index (χ2n) is 5.11. The van der Waals surface area contributed by atoms with Gasteiger partial charge in [0.2, 0.25) is 0 Å². The first kappa shape index (κ1) is 17.1. The van der Waals surface area contributed by atoms with Crippen LogP contribution in [0.15, 0.2) is 36.4 Å². The third-order valence-electron chi connectivity index (χ3n) is 3.05. The second kappa shape index (κ2) is 6.50. The molecule has 0 saturated heterocycles. The summed E-state index contributed by atoms with van der Waals surface area (Å²) < 4.78 is 30.0. The minimum atomic E-state index is -5.37. The van der Waals surface area contributed by atoms with Crippen molar-refractivity contribution in [1.29, 1.82) is 0 Å². The zero-order valence-corrected chi connectivity index (χ0v) is 14.4. The summed E-state index contributed by atoms with van der Waals surface area (Å²) in [5.74, 6) is -0.923. The molecule has 0 aliphatic heterocycles. The molecule has 0 radical (unpaired) electrons. The van der Waals surface area contributed by atoms with Gasteiger partial charge in [0.1, 0.15) is 0 Å². The van der Waals surface area contributed by atoms with Gasteiger partial charge in [-0.1, -0.05) is 0 Å². The normalized spacial score (nSPS) is 11.1. The molecule has 2 aromatic carbocycles. The molecule has 0 bridgehead atoms. The van der Waals surface area contributed by atoms with Crippen LogP contribution < -0.4 is 15.0 Å². The number of nitrogens with one attached hydrogen (secondary N) is 2. The van der Waals surface area contributed by atoms with Crippen LogP contribution in [-0.2, 0) is 8.53 Å². The number of anilines is 3. The van der Waals surface area contributed by atoms with Crippen LogP contribution in [0, 0.1) is 6.92 Å². The van der Waals surface area contributed by atoms with Gasteiger partial charge in [-0.3, -0.25) is 0 Å². The number of phenolic OH excluding ortho intramolecular Hbond substituents is 1. The maximum absolute atomic E-state index is 11.6. The van der Waals surface area contributed by atoms with E-state index in [2.05, 4.69) is 10.6 Å². The molecule has 8 heteroatoms. The SMILES string of the molecule is CC(=O)Nc1cc(Nc2ccc(C)cc2)c(O)c([As](=O)(O)O)c1. The summed E-state index contributed by atoms with van der Waals surface area (Å²) in [6.07, 6.45) is 0. The number of carbonyl (C=O) groups is 1. The average Bonchev–Trinajstić information content (AvgIpc) is 2.43. The molecule has 0 atom stereocenters. The predicted octanol–water partition coefficient (Wildman–Crippen LogP) is 0.964. The van der Waals surface area contributed by atoms with Crippen molar-refractivity contribution in [2.24, 2.45) is 0 Å². The van der Waals surface area contributed by atoms with Gasteiger partial charge in [-0.05, 0) is 0 Å². The first-order chi connectivity index (χ1) is 10.7. The zero-order chi connectivity index (χ0) is 17.2. The molecule has 1 amide bonds. The Bertz CT molecular complexity index is 783. The van der Waals surface area contributed by atoms with Gasteiger partial charge < -0.3 is 0 Å². The van der Waals surface area contributed by atoms with Crippen molar-refractivity contribution in [3.05, 3.63) is 42.0 Å². The molecule has 0 saturated carbocycles. The van der Waals surface area contributed by atoms with E-state index in [0.29, 0.717) is 5.69 Å². The van der Waals surface area contributed by atoms with Crippen molar-refractivity contribution in [1.82, 2.24) is 0 Å². The quantitative estimate of drug-likeness (QED) is 0.306. The fraction of sp³-hybridized carbons (Fsp3) is 0.133. The molecule has 0 spiro atoms. The van der Waals surface area contributed by atoms with Crippen molar-refractivity contribution in [3.8, 4) is 5.75 Å². The molecule has 23 heavy (non-hydrogen) atoms. The Kier molecular flexibility index (Phi) is 4.84. The van der Waals surface area contributed by atoms with Crippen LogP contribution >= 0.6 is 0 Å². The van der Waals surface area contributed by atoms with Crippen molar-refractivity contribution < 1.29 is 21.8 Å². The van der Waals surface area contributed by atoms with Gasteiger partial charge in [-0.15, -0.1) is 0 Å². The summed E-state index contributed by atoms with van der Waals surface area (Å²) >= 11 is -5.37. The first-order valence-electron chi connectivity index (χ1n) is 6.71. The fourth-order valence-electron chi connectivity index (χ4n) is 2.00. The summed E-state index contributed by atoms with van der Waals surface area (Å²) in [7, 11) is 0. The molecular formula is C15H17AsN2O5. The maximum atomic E-state index is 11.6. The molecule has 0 aliphatic carbocycles. The summed E-state index contributed by atoms with van der Waals surface area (Å²) in [5.41, 5.74) is 1.96. The Hall–Kier alpha value is -2.21. The predicted molar refractivity (Wildman–Crippen MR) is 87.4 cm³/mol. The zero-order valence-electron chi connectivity index (χ0n) is 12.6. The third kappa shape index (κ3) is 4.38. The van der Waals surface area contributed by atoms with Crippen LogP contribution in [0.1, 0.15) is 12.5 Å². The molecule has 0 aromatic heterocycles. The Labute approximate surface area is 136 Å². The third-order valence-corrected chi connectivity index (χ3v) is 5.09. The van der Waals surface area contributed by atoms with E-state index in [0.717, 1.165) is 11.6 Å². The van der Waals surface area contributed by atoms with Crippen LogP contribution in [0.3, 0.4) is 0 Å². The molecule has 0 aliphatic rings. The molecule has 5 N–H and O–H groups in total. The average molecular weight is 380 g/mol. The molecule has 0 heterocycles. The number of amides is 1. The molecule has 122 valence electrons. The molecule has 2 aromatic rings. The second-order valence-corrected chi connectivity index (χ2v) is 8.40. The van der Waals surface area contributed by atoms with Crippen molar-refractivity contribution in [2.75, 3.05) is 10.6 Å². The Morgan fingerprint density at radius 2 is 1.70 bits per heavy atom. The Balaban J connectivity index is 2.50. The number of rotatable bonds is 4. The topological polar surface area (TPSA) is 119 Å². The molecule has 7 nitrogen and oxygen atoms in total. The Morgan fingerprint density at radius 3 is 2.22 bits per heavy atom. The number of benzene rings is 2. The van der Waals surface area contributed by atoms with Gasteiger partial charge >= 0.3 is 136 Å². The van der Waals surface area contributed by atoms with Crippen LogP contribution in [0.4, 0.5) is 17.1 Å². The van der Waals surface area contributed by atoms with E-state index in [1.165, 1.54) is 13.0 Å². The van der Waals surface area contributed by atoms with E-state index in [1.54, 1.807) is 12.1 Å². The first-order valence-corrected chi connectivity index (χ1v) is 10.1. The summed E-state index contributed by atoms with van der Waals surface area (Å²) in [5, 5.41) is 15.5. The Morgan fingerprint density at radius 1 is 1.09 bits per heavy atom. The summed E-state index contributed by atoms with van der Waals surface area (Å²) in [6.45, 7) is 3.20. The number of carbonyl (C=O) groups excluding carboxylic acids is 1. The van der Waals surface area contributed by atoms with E-state index in [9.17, 15) is 21.8 Å². The van der Waals surface area contributed by atoms with E-state index >= 15 is 0 Å². The van der Waals surface area contributed by atoms with Crippen molar-refractivity contribution in [3.63, 3.8) is 0 Å². The minimum absolute atomic E-state index is 0.0971. The van der Waals surface area contributed by atoms with Gasteiger partial charge in [0.15, 0.2) is 0 Å². The van der Waals surface area contributed by atoms with Crippen LogP contribution in [-0.4, -0.2) is 33.4 Å². The summed E-state index contributed by atoms with van der Waals surface area (Å²) in [4.78, 5) is 11.2. The van der Waals surface area contributed by atoms with E-state index in [1.807, 2.05) is 19.1 Å². The van der Waals surface area contributed by atoms with Gasteiger partial charge in [0.05, 0.1) is 0 Å². The van der Waals surface area contributed by atoms with Crippen LogP contribution in [0.2, 0.25) is 0 Å². The fourth-order valence-corrected chi connectivity index (χ4v) is 3.48. The van der Waals surface area contributed by atoms with E-state index in [-0.39, 0.29) is 17.3 Å². The summed E-state index contributed by atoms with van der Waals surface area (Å²) in [6, 6.07) is 9.72. The van der Waals surface area contributed by atoms with Crippen molar-refractivity contribution in [2.45, 2.75) is 13.8 Å². The van der Waals surface area contributed by atoms with E-state index in [4.69, 9.17) is 0 Å². The molecule has 0 fully saturated rings.